The van der Waals surface area contributed by atoms with E-state index in [2.05, 4.69) is 10.6 Å². The maximum Gasteiger partial charge on any atom is 0.407 e. The van der Waals surface area contributed by atoms with Gasteiger partial charge >= 0.3 is 6.09 Å². The smallest absolute Gasteiger partial charge is 0.407 e. The Kier molecular flexibility index (Phi) is 7.39. The Morgan fingerprint density at radius 3 is 2.46 bits per heavy atom. The zero-order valence-electron chi connectivity index (χ0n) is 13.2. The Balaban J connectivity index is 1.70. The molecule has 24 heavy (non-hydrogen) atoms. The Bertz CT molecular complexity index is 620. The first-order valence-corrected chi connectivity index (χ1v) is 8.22. The van der Waals surface area contributed by atoms with E-state index in [0.717, 1.165) is 16.8 Å². The molecule has 0 aromatic heterocycles. The van der Waals surface area contributed by atoms with Crippen molar-refractivity contribution in [2.24, 2.45) is 0 Å². The van der Waals surface area contributed by atoms with E-state index in [-0.39, 0.29) is 12.5 Å². The number of alkyl carbamates (subject to hydrolysis) is 1. The summed E-state index contributed by atoms with van der Waals surface area (Å²) in [4.78, 5) is 11.7. The van der Waals surface area contributed by atoms with Gasteiger partial charge in [0.15, 0.2) is 0 Å². The minimum atomic E-state index is -0.576. The van der Waals surface area contributed by atoms with Crippen molar-refractivity contribution in [3.05, 3.63) is 65.7 Å². The van der Waals surface area contributed by atoms with Crippen molar-refractivity contribution in [3.8, 4) is 0 Å². The minimum Gasteiger partial charge on any atom is -0.445 e. The molecule has 0 aliphatic carbocycles. The summed E-state index contributed by atoms with van der Waals surface area (Å²) in [7, 11) is 0. The fraction of sp³-hybridized carbons (Fsp3) is 0.278. The van der Waals surface area contributed by atoms with E-state index in [1.807, 2.05) is 54.6 Å². The van der Waals surface area contributed by atoms with Crippen LogP contribution >= 0.6 is 11.6 Å². The number of benzene rings is 2. The number of aliphatic hydroxyl groups is 1. The van der Waals surface area contributed by atoms with Gasteiger partial charge in [0.1, 0.15) is 6.61 Å². The summed E-state index contributed by atoms with van der Waals surface area (Å²) in [6.45, 7) is 1.03. The summed E-state index contributed by atoms with van der Waals surface area (Å²) in [6, 6.07) is 17.1. The second kappa shape index (κ2) is 9.80. The number of anilines is 1. The van der Waals surface area contributed by atoms with Crippen molar-refractivity contribution in [1.29, 1.82) is 0 Å². The third kappa shape index (κ3) is 6.48. The maximum atomic E-state index is 11.7. The third-order valence-corrected chi connectivity index (χ3v) is 3.68. The van der Waals surface area contributed by atoms with Crippen LogP contribution in [-0.4, -0.2) is 29.7 Å². The van der Waals surface area contributed by atoms with E-state index in [1.54, 1.807) is 0 Å². The third-order valence-electron chi connectivity index (χ3n) is 3.32. The lowest BCUT2D eigenvalue weighted by atomic mass is 10.2. The van der Waals surface area contributed by atoms with Crippen LogP contribution in [0.15, 0.2) is 54.6 Å². The quantitative estimate of drug-likeness (QED) is 0.641. The average Bonchev–Trinajstić information content (AvgIpc) is 2.64. The minimum absolute atomic E-state index is 0.195. The summed E-state index contributed by atoms with van der Waals surface area (Å²) in [6.07, 6.45) is -1.03. The van der Waals surface area contributed by atoms with Gasteiger partial charge in [-0.3, -0.25) is 0 Å². The molecular weight excluding hydrogens is 328 g/mol. The molecule has 0 radical (unpaired) electrons. The Hall–Kier alpha value is -2.24. The van der Waals surface area contributed by atoms with Gasteiger partial charge in [-0.1, -0.05) is 42.5 Å². The highest BCUT2D eigenvalue weighted by molar-refractivity contribution is 6.18. The first kappa shape index (κ1) is 18.1. The van der Waals surface area contributed by atoms with E-state index >= 15 is 0 Å². The SMILES string of the molecule is O=C(NCc1ccc(NCC(O)CCl)cc1)OCc1ccccc1. The monoisotopic (exact) mass is 348 g/mol. The Labute approximate surface area is 146 Å². The van der Waals surface area contributed by atoms with Crippen molar-refractivity contribution in [2.45, 2.75) is 19.3 Å². The molecule has 0 saturated heterocycles. The number of ether oxygens (including phenoxy) is 1. The molecular formula is C18H21ClN2O3. The van der Waals surface area contributed by atoms with Gasteiger partial charge in [0.25, 0.3) is 0 Å². The molecule has 128 valence electrons. The molecule has 1 atom stereocenters. The van der Waals surface area contributed by atoms with Crippen LogP contribution in [0.3, 0.4) is 0 Å². The number of halogens is 1. The number of aliphatic hydroxyl groups excluding tert-OH is 1. The van der Waals surface area contributed by atoms with E-state index in [9.17, 15) is 9.90 Å². The van der Waals surface area contributed by atoms with Gasteiger partial charge in [0.05, 0.1) is 12.0 Å². The van der Waals surface area contributed by atoms with E-state index in [4.69, 9.17) is 16.3 Å². The van der Waals surface area contributed by atoms with Crippen molar-refractivity contribution in [1.82, 2.24) is 5.32 Å². The van der Waals surface area contributed by atoms with Gasteiger partial charge in [0, 0.05) is 18.8 Å². The molecule has 6 heteroatoms. The number of carbonyl (C=O) groups is 1. The molecule has 1 amide bonds. The van der Waals surface area contributed by atoms with Crippen molar-refractivity contribution >= 4 is 23.4 Å². The molecule has 5 nitrogen and oxygen atoms in total. The van der Waals surface area contributed by atoms with Gasteiger partial charge in [-0.15, -0.1) is 11.6 Å². The standard InChI is InChI=1S/C18H21ClN2O3/c19-10-17(22)12-20-16-8-6-14(7-9-16)11-21-18(23)24-13-15-4-2-1-3-5-15/h1-9,17,20,22H,10-13H2,(H,21,23). The first-order valence-electron chi connectivity index (χ1n) is 7.69. The van der Waals surface area contributed by atoms with Crippen LogP contribution in [-0.2, 0) is 17.9 Å². The second-order valence-corrected chi connectivity index (χ2v) is 5.61. The highest BCUT2D eigenvalue weighted by Gasteiger charge is 2.04. The van der Waals surface area contributed by atoms with Crippen molar-refractivity contribution < 1.29 is 14.6 Å². The van der Waals surface area contributed by atoms with Crippen LogP contribution < -0.4 is 10.6 Å². The van der Waals surface area contributed by atoms with E-state index < -0.39 is 12.2 Å². The van der Waals surface area contributed by atoms with Crippen LogP contribution in [0, 0.1) is 0 Å². The molecule has 0 aliphatic heterocycles. The van der Waals surface area contributed by atoms with Crippen LogP contribution in [0.5, 0.6) is 0 Å². The predicted octanol–water partition coefficient (Wildman–Crippen LogP) is 3.12. The molecule has 2 rings (SSSR count). The molecule has 1 unspecified atom stereocenters. The molecule has 0 bridgehead atoms. The number of alkyl halides is 1. The fourth-order valence-electron chi connectivity index (χ4n) is 1.98. The number of amides is 1. The van der Waals surface area contributed by atoms with Crippen molar-refractivity contribution in [3.63, 3.8) is 0 Å². The molecule has 2 aromatic carbocycles. The summed E-state index contributed by atoms with van der Waals surface area (Å²) < 4.78 is 5.15. The fourth-order valence-corrected chi connectivity index (χ4v) is 2.09. The number of rotatable bonds is 8. The summed E-state index contributed by atoms with van der Waals surface area (Å²) >= 11 is 5.54. The number of nitrogens with one attached hydrogen (secondary N) is 2. The van der Waals surface area contributed by atoms with Gasteiger partial charge in [-0.25, -0.2) is 4.79 Å². The molecule has 0 fully saturated rings. The van der Waals surface area contributed by atoms with Gasteiger partial charge in [-0.2, -0.15) is 0 Å². The number of hydrogen-bond acceptors (Lipinski definition) is 4. The molecule has 2 aromatic rings. The van der Waals surface area contributed by atoms with Gasteiger partial charge < -0.3 is 20.5 Å². The molecule has 0 spiro atoms. The van der Waals surface area contributed by atoms with Gasteiger partial charge in [-0.05, 0) is 23.3 Å². The summed E-state index contributed by atoms with van der Waals surface area (Å²) in [5.74, 6) is 0.195. The predicted molar refractivity (Wildman–Crippen MR) is 95.1 cm³/mol. The zero-order valence-corrected chi connectivity index (χ0v) is 14.0. The average molecular weight is 349 g/mol. The normalized spacial score (nSPS) is 11.6. The van der Waals surface area contributed by atoms with Crippen LogP contribution in [0.4, 0.5) is 10.5 Å². The number of hydrogen-bond donors (Lipinski definition) is 3. The van der Waals surface area contributed by atoms with E-state index in [0.29, 0.717) is 13.1 Å². The molecule has 0 aliphatic rings. The van der Waals surface area contributed by atoms with E-state index in [1.165, 1.54) is 0 Å². The van der Waals surface area contributed by atoms with Crippen LogP contribution in [0.2, 0.25) is 0 Å². The lowest BCUT2D eigenvalue weighted by Crippen LogP contribution is -2.23. The maximum absolute atomic E-state index is 11.7. The lowest BCUT2D eigenvalue weighted by molar-refractivity contribution is 0.139. The van der Waals surface area contributed by atoms with Gasteiger partial charge in [0.2, 0.25) is 0 Å². The highest BCUT2D eigenvalue weighted by Crippen LogP contribution is 2.10. The zero-order chi connectivity index (χ0) is 17.2. The highest BCUT2D eigenvalue weighted by atomic mass is 35.5. The summed E-state index contributed by atoms with van der Waals surface area (Å²) in [5, 5.41) is 15.2. The topological polar surface area (TPSA) is 70.6 Å². The Morgan fingerprint density at radius 1 is 1.08 bits per heavy atom. The first-order chi connectivity index (χ1) is 11.7. The van der Waals surface area contributed by atoms with Crippen LogP contribution in [0.1, 0.15) is 11.1 Å². The number of carbonyl (C=O) groups excluding carboxylic acids is 1. The largest absolute Gasteiger partial charge is 0.445 e. The lowest BCUT2D eigenvalue weighted by Gasteiger charge is -2.11. The Morgan fingerprint density at radius 2 is 1.79 bits per heavy atom. The molecule has 0 saturated carbocycles. The van der Waals surface area contributed by atoms with Crippen molar-refractivity contribution in [2.75, 3.05) is 17.7 Å². The molecule has 3 N–H and O–H groups in total. The second-order valence-electron chi connectivity index (χ2n) is 5.30. The molecule has 0 heterocycles. The van der Waals surface area contributed by atoms with Crippen LogP contribution in [0.25, 0.3) is 0 Å². The summed E-state index contributed by atoms with van der Waals surface area (Å²) in [5.41, 5.74) is 2.78.